The summed E-state index contributed by atoms with van der Waals surface area (Å²) in [4.78, 5) is 10.0. The lowest BCUT2D eigenvalue weighted by Gasteiger charge is -2.47. The fourth-order valence-electron chi connectivity index (χ4n) is 5.42. The number of benzene rings is 1. The van der Waals surface area contributed by atoms with Crippen LogP contribution in [0.15, 0.2) is 28.2 Å². The predicted molar refractivity (Wildman–Crippen MR) is 102 cm³/mol. The number of hydrogen-bond donors (Lipinski definition) is 1. The Balaban J connectivity index is 1.88. The number of rotatable bonds is 2. The van der Waals surface area contributed by atoms with Crippen LogP contribution in [-0.4, -0.2) is 24.8 Å². The van der Waals surface area contributed by atoms with Crippen molar-refractivity contribution in [3.63, 3.8) is 0 Å². The molecule has 1 heterocycles. The zero-order valence-electron chi connectivity index (χ0n) is 15.7. The summed E-state index contributed by atoms with van der Waals surface area (Å²) in [6, 6.07) is 8.23. The van der Waals surface area contributed by atoms with Crippen molar-refractivity contribution >= 4 is 11.5 Å². The van der Waals surface area contributed by atoms with Crippen molar-refractivity contribution in [2.45, 2.75) is 57.7 Å². The number of nitrogens with zero attached hydrogens (tertiary/aromatic N) is 3. The second-order valence-corrected chi connectivity index (χ2v) is 7.99. The van der Waals surface area contributed by atoms with Gasteiger partial charge < -0.3 is 10.5 Å². The lowest BCUT2D eigenvalue weighted by molar-refractivity contribution is -0.0451. The Morgan fingerprint density at radius 3 is 2.81 bits per heavy atom. The molecule has 0 radical (unpaired) electrons. The van der Waals surface area contributed by atoms with Gasteiger partial charge in [0, 0.05) is 18.1 Å². The fourth-order valence-corrected chi connectivity index (χ4v) is 5.42. The maximum Gasteiger partial charge on any atom is 0.184 e. The van der Waals surface area contributed by atoms with Crippen molar-refractivity contribution < 1.29 is 4.74 Å². The third-order valence-corrected chi connectivity index (χ3v) is 6.78. The first kappa shape index (κ1) is 17.2. The average molecular weight is 350 g/mol. The van der Waals surface area contributed by atoms with Crippen LogP contribution < -0.4 is 5.73 Å². The molecule has 0 bridgehead atoms. The maximum atomic E-state index is 9.39. The maximum absolute atomic E-state index is 9.39. The smallest absolute Gasteiger partial charge is 0.184 e. The molecular weight excluding hydrogens is 324 g/mol. The molecule has 136 valence electrons. The molecular formula is C21H26N4O. The Labute approximate surface area is 155 Å². The summed E-state index contributed by atoms with van der Waals surface area (Å²) in [5.74, 6) is 1.02. The number of amidine groups is 1. The number of nitriles is 1. The number of ether oxygens (including phenoxy) is 1. The largest absolute Gasteiger partial charge is 0.382 e. The number of fused-ring (bicyclic) bond motifs is 3. The molecule has 1 aromatic rings. The third kappa shape index (κ3) is 2.18. The zero-order chi connectivity index (χ0) is 18.5. The van der Waals surface area contributed by atoms with E-state index < -0.39 is 5.66 Å². The van der Waals surface area contributed by atoms with Gasteiger partial charge in [0.1, 0.15) is 5.84 Å². The molecule has 1 fully saturated rings. The second-order valence-electron chi connectivity index (χ2n) is 7.99. The van der Waals surface area contributed by atoms with E-state index >= 15 is 0 Å². The Kier molecular flexibility index (Phi) is 3.92. The Morgan fingerprint density at radius 1 is 1.38 bits per heavy atom. The van der Waals surface area contributed by atoms with Crippen LogP contribution in [0.2, 0.25) is 0 Å². The van der Waals surface area contributed by atoms with E-state index in [1.807, 2.05) is 26.2 Å². The number of hydrogen-bond acceptors (Lipinski definition) is 5. The van der Waals surface area contributed by atoms with Gasteiger partial charge in [-0.05, 0) is 56.2 Å². The van der Waals surface area contributed by atoms with Crippen molar-refractivity contribution in [2.75, 3.05) is 7.11 Å². The van der Waals surface area contributed by atoms with Crippen molar-refractivity contribution in [2.24, 2.45) is 27.1 Å². The van der Waals surface area contributed by atoms with Crippen molar-refractivity contribution in [1.82, 2.24) is 0 Å². The molecule has 26 heavy (non-hydrogen) atoms. The van der Waals surface area contributed by atoms with E-state index in [0.717, 1.165) is 43.4 Å². The average Bonchev–Trinajstić information content (AvgIpc) is 3.09. The normalized spacial score (nSPS) is 35.3. The van der Waals surface area contributed by atoms with Crippen LogP contribution in [0.1, 0.15) is 56.2 Å². The summed E-state index contributed by atoms with van der Waals surface area (Å²) in [7, 11) is 1.82. The van der Waals surface area contributed by atoms with Gasteiger partial charge in [-0.2, -0.15) is 5.26 Å². The van der Waals surface area contributed by atoms with Gasteiger partial charge in [0.2, 0.25) is 0 Å². The van der Waals surface area contributed by atoms with E-state index in [1.54, 1.807) is 0 Å². The van der Waals surface area contributed by atoms with Crippen LogP contribution >= 0.6 is 0 Å². The van der Waals surface area contributed by atoms with Gasteiger partial charge >= 0.3 is 0 Å². The molecule has 5 nitrogen and oxygen atoms in total. The van der Waals surface area contributed by atoms with Crippen LogP contribution in [0, 0.1) is 22.7 Å². The molecule has 0 saturated heterocycles. The Morgan fingerprint density at radius 2 is 2.19 bits per heavy atom. The molecule has 5 heteroatoms. The Bertz CT molecular complexity index is 832. The summed E-state index contributed by atoms with van der Waals surface area (Å²) in [5, 5.41) is 9.39. The fraction of sp³-hybridized carbons (Fsp3) is 0.571. The molecule has 4 rings (SSSR count). The summed E-state index contributed by atoms with van der Waals surface area (Å²) in [6.45, 7) is 4.17. The molecule has 1 aliphatic heterocycles. The van der Waals surface area contributed by atoms with Crippen LogP contribution in [-0.2, 0) is 16.8 Å². The summed E-state index contributed by atoms with van der Waals surface area (Å²) >= 11 is 0. The standard InChI is InChI=1S/C21H26N4O/c1-4-15-10-20(8-7-18(15)26-3)11-16-6-5-14(12-22)9-17(16)21(20)24-13(2)19(23)25-21/h5-6,9,15,18H,4,7-8,10-11H2,1-3H3,(H2,23,25)/t15-,18-,20-,21+/m1/s1. The molecule has 4 atom stereocenters. The first-order valence-electron chi connectivity index (χ1n) is 9.47. The van der Waals surface area contributed by atoms with Gasteiger partial charge in [-0.15, -0.1) is 0 Å². The van der Waals surface area contributed by atoms with Gasteiger partial charge in [-0.1, -0.05) is 19.4 Å². The highest BCUT2D eigenvalue weighted by Gasteiger charge is 2.62. The molecule has 1 aromatic carbocycles. The number of methoxy groups -OCH3 is 1. The lowest BCUT2D eigenvalue weighted by Crippen LogP contribution is -2.47. The molecule has 2 spiro atoms. The van der Waals surface area contributed by atoms with Crippen LogP contribution in [0.4, 0.5) is 0 Å². The molecule has 0 unspecified atom stereocenters. The van der Waals surface area contributed by atoms with Gasteiger partial charge in [-0.25, -0.2) is 4.99 Å². The quantitative estimate of drug-likeness (QED) is 0.888. The highest BCUT2D eigenvalue weighted by atomic mass is 16.5. The minimum atomic E-state index is -0.671. The predicted octanol–water partition coefficient (Wildman–Crippen LogP) is 3.31. The van der Waals surface area contributed by atoms with Crippen LogP contribution in [0.3, 0.4) is 0 Å². The van der Waals surface area contributed by atoms with E-state index in [4.69, 9.17) is 20.5 Å². The van der Waals surface area contributed by atoms with Gasteiger partial charge in [0.15, 0.2) is 5.66 Å². The lowest BCUT2D eigenvalue weighted by atomic mass is 9.61. The highest BCUT2D eigenvalue weighted by molar-refractivity contribution is 6.41. The van der Waals surface area contributed by atoms with Crippen molar-refractivity contribution in [3.8, 4) is 6.07 Å². The summed E-state index contributed by atoms with van der Waals surface area (Å²) < 4.78 is 5.76. The van der Waals surface area contributed by atoms with Crippen LogP contribution in [0.5, 0.6) is 0 Å². The third-order valence-electron chi connectivity index (χ3n) is 6.78. The molecule has 0 amide bonds. The zero-order valence-corrected chi connectivity index (χ0v) is 15.7. The van der Waals surface area contributed by atoms with Crippen molar-refractivity contribution in [1.29, 1.82) is 5.26 Å². The second kappa shape index (κ2) is 5.92. The van der Waals surface area contributed by atoms with Gasteiger partial charge in [-0.3, -0.25) is 4.99 Å². The van der Waals surface area contributed by atoms with E-state index in [0.29, 0.717) is 23.4 Å². The minimum absolute atomic E-state index is 0.0818. The number of nitrogens with two attached hydrogens (primary N) is 1. The minimum Gasteiger partial charge on any atom is -0.382 e. The van der Waals surface area contributed by atoms with Gasteiger partial charge in [0.25, 0.3) is 0 Å². The molecule has 3 aliphatic rings. The topological polar surface area (TPSA) is 83.8 Å². The van der Waals surface area contributed by atoms with E-state index in [1.165, 1.54) is 5.56 Å². The van der Waals surface area contributed by atoms with E-state index in [2.05, 4.69) is 19.1 Å². The Hall–Kier alpha value is -2.19. The molecule has 2 aliphatic carbocycles. The summed E-state index contributed by atoms with van der Waals surface area (Å²) in [5.41, 5.74) is 9.24. The first-order valence-corrected chi connectivity index (χ1v) is 9.47. The molecule has 2 N–H and O–H groups in total. The SMILES string of the molecule is CC[C@@H]1C[C@]2(CC[C@H]1OC)Cc1ccc(C#N)cc1[C@@]21N=C(C)C(N)=N1. The monoisotopic (exact) mass is 350 g/mol. The van der Waals surface area contributed by atoms with E-state index in [-0.39, 0.29) is 5.41 Å². The van der Waals surface area contributed by atoms with Crippen LogP contribution in [0.25, 0.3) is 0 Å². The first-order chi connectivity index (χ1) is 12.5. The van der Waals surface area contributed by atoms with E-state index in [9.17, 15) is 5.26 Å². The molecule has 0 aromatic heterocycles. The van der Waals surface area contributed by atoms with Crippen molar-refractivity contribution in [3.05, 3.63) is 34.9 Å². The molecule has 1 saturated carbocycles. The number of aliphatic imine (C=N–C) groups is 2. The van der Waals surface area contributed by atoms with Gasteiger partial charge in [0.05, 0.1) is 23.4 Å². The summed E-state index contributed by atoms with van der Waals surface area (Å²) in [6.07, 6.45) is 5.36. The highest BCUT2D eigenvalue weighted by Crippen LogP contribution is 2.62.